The highest BCUT2D eigenvalue weighted by Gasteiger charge is 2.20. The smallest absolute Gasteiger partial charge is 0.437 e. The second-order valence-electron chi connectivity index (χ2n) is 8.60. The van der Waals surface area contributed by atoms with Crippen LogP contribution in [0, 0.1) is 0 Å². The Labute approximate surface area is 181 Å². The van der Waals surface area contributed by atoms with Gasteiger partial charge in [-0.25, -0.2) is 9.59 Å². The SMILES string of the molecule is CCCc1ccc(CN/C(=N\C(=O)OC(C)(C)C)NC(=O)OC(C)(C)C)cc1Br. The Balaban J connectivity index is 2.91. The first-order valence-electron chi connectivity index (χ1n) is 9.62. The molecule has 0 saturated heterocycles. The first kappa shape index (κ1) is 24.9. The van der Waals surface area contributed by atoms with E-state index in [1.54, 1.807) is 41.5 Å². The number of benzene rings is 1. The molecule has 0 atom stereocenters. The van der Waals surface area contributed by atoms with Crippen molar-refractivity contribution in [3.8, 4) is 0 Å². The molecule has 1 aromatic carbocycles. The van der Waals surface area contributed by atoms with Crippen molar-refractivity contribution in [2.45, 2.75) is 79.1 Å². The van der Waals surface area contributed by atoms with E-state index in [9.17, 15) is 9.59 Å². The summed E-state index contributed by atoms with van der Waals surface area (Å²) in [5.41, 5.74) is 0.809. The molecule has 162 valence electrons. The van der Waals surface area contributed by atoms with Crippen molar-refractivity contribution in [2.75, 3.05) is 0 Å². The van der Waals surface area contributed by atoms with Gasteiger partial charge >= 0.3 is 12.2 Å². The third-order valence-corrected chi connectivity index (χ3v) is 4.05. The topological polar surface area (TPSA) is 89.0 Å². The van der Waals surface area contributed by atoms with Crippen LogP contribution in [0.2, 0.25) is 0 Å². The summed E-state index contributed by atoms with van der Waals surface area (Å²) in [4.78, 5) is 28.0. The normalized spacial score (nSPS) is 12.3. The number of nitrogens with one attached hydrogen (secondary N) is 2. The molecule has 2 N–H and O–H groups in total. The van der Waals surface area contributed by atoms with Crippen molar-refractivity contribution in [3.05, 3.63) is 33.8 Å². The minimum atomic E-state index is -0.810. The fourth-order valence-corrected chi connectivity index (χ4v) is 2.87. The molecule has 0 heterocycles. The number of halogens is 1. The van der Waals surface area contributed by atoms with Gasteiger partial charge in [0.2, 0.25) is 5.96 Å². The maximum atomic E-state index is 12.1. The molecule has 0 unspecified atom stereocenters. The lowest BCUT2D eigenvalue weighted by Gasteiger charge is -2.21. The van der Waals surface area contributed by atoms with Gasteiger partial charge in [-0.15, -0.1) is 4.99 Å². The van der Waals surface area contributed by atoms with Gasteiger partial charge in [0.25, 0.3) is 0 Å². The predicted molar refractivity (Wildman–Crippen MR) is 118 cm³/mol. The quantitative estimate of drug-likeness (QED) is 0.460. The van der Waals surface area contributed by atoms with Crippen LogP contribution in [0.5, 0.6) is 0 Å². The third kappa shape index (κ3) is 10.9. The average Bonchev–Trinajstić information content (AvgIpc) is 2.51. The number of guanidine groups is 1. The van der Waals surface area contributed by atoms with E-state index in [-0.39, 0.29) is 5.96 Å². The van der Waals surface area contributed by atoms with Gasteiger partial charge in [0, 0.05) is 11.0 Å². The second-order valence-corrected chi connectivity index (χ2v) is 9.45. The van der Waals surface area contributed by atoms with E-state index in [2.05, 4.69) is 44.5 Å². The molecule has 0 aliphatic rings. The zero-order chi connectivity index (χ0) is 22.2. The number of aryl methyl sites for hydroxylation is 1. The predicted octanol–water partition coefficient (Wildman–Crippen LogP) is 5.31. The Bertz CT molecular complexity index is 749. The van der Waals surface area contributed by atoms with Gasteiger partial charge < -0.3 is 14.8 Å². The van der Waals surface area contributed by atoms with Crippen LogP contribution in [0.3, 0.4) is 0 Å². The molecule has 29 heavy (non-hydrogen) atoms. The fraction of sp³-hybridized carbons (Fsp3) is 0.571. The number of hydrogen-bond acceptors (Lipinski definition) is 4. The first-order chi connectivity index (χ1) is 13.3. The van der Waals surface area contributed by atoms with Crippen LogP contribution in [0.4, 0.5) is 9.59 Å². The van der Waals surface area contributed by atoms with Crippen LogP contribution in [0.1, 0.15) is 66.0 Å². The van der Waals surface area contributed by atoms with Crippen LogP contribution in [-0.2, 0) is 22.4 Å². The molecule has 0 bridgehead atoms. The lowest BCUT2D eigenvalue weighted by molar-refractivity contribution is 0.0560. The summed E-state index contributed by atoms with van der Waals surface area (Å²) in [6.07, 6.45) is 0.519. The first-order valence-corrected chi connectivity index (χ1v) is 10.4. The van der Waals surface area contributed by atoms with Gasteiger partial charge in [0.15, 0.2) is 0 Å². The van der Waals surface area contributed by atoms with Crippen LogP contribution in [0.15, 0.2) is 27.7 Å². The summed E-state index contributed by atoms with van der Waals surface area (Å²) >= 11 is 3.58. The van der Waals surface area contributed by atoms with E-state index in [0.29, 0.717) is 6.54 Å². The molecular formula is C21H32BrN3O4. The summed E-state index contributed by atoms with van der Waals surface area (Å²) < 4.78 is 11.5. The van der Waals surface area contributed by atoms with Crippen LogP contribution in [-0.4, -0.2) is 29.3 Å². The van der Waals surface area contributed by atoms with Crippen molar-refractivity contribution in [3.63, 3.8) is 0 Å². The fourth-order valence-electron chi connectivity index (χ4n) is 2.25. The summed E-state index contributed by atoms with van der Waals surface area (Å²) in [6.45, 7) is 12.9. The number of hydrogen-bond donors (Lipinski definition) is 2. The number of nitrogens with zero attached hydrogens (tertiary/aromatic N) is 1. The number of aliphatic imine (C=N–C) groups is 1. The third-order valence-electron chi connectivity index (χ3n) is 3.31. The highest BCUT2D eigenvalue weighted by molar-refractivity contribution is 9.10. The number of carbonyl (C=O) groups is 2. The van der Waals surface area contributed by atoms with Crippen molar-refractivity contribution < 1.29 is 19.1 Å². The number of amides is 2. The van der Waals surface area contributed by atoms with Gasteiger partial charge in [-0.1, -0.05) is 41.4 Å². The zero-order valence-electron chi connectivity index (χ0n) is 18.3. The molecule has 0 saturated carbocycles. The molecule has 0 fully saturated rings. The average molecular weight is 470 g/mol. The van der Waals surface area contributed by atoms with Crippen molar-refractivity contribution >= 4 is 34.1 Å². The Morgan fingerprint density at radius 2 is 1.69 bits per heavy atom. The van der Waals surface area contributed by atoms with E-state index in [4.69, 9.17) is 9.47 Å². The molecule has 0 aromatic heterocycles. The van der Waals surface area contributed by atoms with E-state index >= 15 is 0 Å². The van der Waals surface area contributed by atoms with Crippen LogP contribution in [0.25, 0.3) is 0 Å². The zero-order valence-corrected chi connectivity index (χ0v) is 19.9. The Hall–Kier alpha value is -2.09. The highest BCUT2D eigenvalue weighted by Crippen LogP contribution is 2.20. The molecule has 8 heteroatoms. The second kappa shape index (κ2) is 10.6. The Morgan fingerprint density at radius 1 is 1.07 bits per heavy atom. The van der Waals surface area contributed by atoms with Gasteiger partial charge in [-0.05, 0) is 65.2 Å². The van der Waals surface area contributed by atoms with Gasteiger partial charge in [0.1, 0.15) is 11.2 Å². The number of alkyl carbamates (subject to hydrolysis) is 1. The molecule has 1 rings (SSSR count). The maximum absolute atomic E-state index is 12.1. The van der Waals surface area contributed by atoms with Gasteiger partial charge in [0.05, 0.1) is 0 Å². The molecule has 0 spiro atoms. The summed E-state index contributed by atoms with van der Waals surface area (Å²) in [7, 11) is 0. The minimum absolute atomic E-state index is 0.0396. The lowest BCUT2D eigenvalue weighted by atomic mass is 10.1. The Morgan fingerprint density at radius 3 is 2.21 bits per heavy atom. The number of rotatable bonds is 4. The standard InChI is InChI=1S/C21H32BrN3O4/c1-8-9-15-11-10-14(12-16(15)22)13-23-17(24-18(26)28-20(2,3)4)25-19(27)29-21(5,6)7/h10-12H,8-9,13H2,1-7H3,(H2,23,24,25,26,27). The summed E-state index contributed by atoms with van der Waals surface area (Å²) in [6, 6.07) is 6.04. The van der Waals surface area contributed by atoms with E-state index < -0.39 is 23.4 Å². The largest absolute Gasteiger partial charge is 0.444 e. The number of carbonyl (C=O) groups excluding carboxylic acids is 2. The van der Waals surface area contributed by atoms with Crippen molar-refractivity contribution in [1.29, 1.82) is 0 Å². The maximum Gasteiger partial charge on any atom is 0.437 e. The van der Waals surface area contributed by atoms with E-state index in [1.165, 1.54) is 5.56 Å². The molecule has 0 aliphatic heterocycles. The van der Waals surface area contributed by atoms with E-state index in [1.807, 2.05) is 12.1 Å². The van der Waals surface area contributed by atoms with Crippen molar-refractivity contribution in [1.82, 2.24) is 10.6 Å². The molecular weight excluding hydrogens is 438 g/mol. The molecule has 0 radical (unpaired) electrons. The molecule has 2 amide bonds. The monoisotopic (exact) mass is 469 g/mol. The molecule has 0 aliphatic carbocycles. The Kier molecular flexibility index (Phi) is 9.14. The van der Waals surface area contributed by atoms with Gasteiger partial charge in [-0.3, -0.25) is 5.32 Å². The lowest BCUT2D eigenvalue weighted by Crippen LogP contribution is -2.44. The highest BCUT2D eigenvalue weighted by atomic mass is 79.9. The van der Waals surface area contributed by atoms with E-state index in [0.717, 1.165) is 22.9 Å². The molecule has 7 nitrogen and oxygen atoms in total. The summed E-state index contributed by atoms with van der Waals surface area (Å²) in [5.74, 6) is -0.0396. The van der Waals surface area contributed by atoms with Crippen LogP contribution < -0.4 is 10.6 Å². The summed E-state index contributed by atoms with van der Waals surface area (Å²) in [5, 5.41) is 5.44. The van der Waals surface area contributed by atoms with Gasteiger partial charge in [-0.2, -0.15) is 0 Å². The minimum Gasteiger partial charge on any atom is -0.444 e. The molecule has 1 aromatic rings. The van der Waals surface area contributed by atoms with Crippen molar-refractivity contribution in [2.24, 2.45) is 4.99 Å². The van der Waals surface area contributed by atoms with Crippen LogP contribution >= 0.6 is 15.9 Å². The number of ether oxygens (including phenoxy) is 2.